The molecule has 0 saturated heterocycles. The van der Waals surface area contributed by atoms with Crippen molar-refractivity contribution >= 4 is 17.2 Å². The van der Waals surface area contributed by atoms with Crippen molar-refractivity contribution in [3.63, 3.8) is 0 Å². The molecule has 2 aromatic rings. The summed E-state index contributed by atoms with van der Waals surface area (Å²) in [6, 6.07) is 2.09. The molecule has 0 bridgehead atoms. The van der Waals surface area contributed by atoms with Gasteiger partial charge in [-0.15, -0.1) is 5.10 Å². The first kappa shape index (κ1) is 6.79. The molecule has 0 saturated carbocycles. The van der Waals surface area contributed by atoms with Gasteiger partial charge in [0, 0.05) is 4.88 Å². The lowest BCUT2D eigenvalue weighted by Gasteiger charge is -1.94. The van der Waals surface area contributed by atoms with Crippen LogP contribution in [-0.2, 0) is 0 Å². The van der Waals surface area contributed by atoms with Crippen LogP contribution in [0.1, 0.15) is 24.6 Å². The Balaban J connectivity index is 2.58. The minimum Gasteiger partial charge on any atom is -0.214 e. The van der Waals surface area contributed by atoms with Crippen LogP contribution in [0.3, 0.4) is 0 Å². The Morgan fingerprint density at radius 3 is 3.00 bits per heavy atom. The molecule has 0 unspecified atom stereocenters. The summed E-state index contributed by atoms with van der Waals surface area (Å²) in [7, 11) is 0. The maximum absolute atomic E-state index is 4.08. The quantitative estimate of drug-likeness (QED) is 0.649. The van der Waals surface area contributed by atoms with E-state index in [9.17, 15) is 0 Å². The lowest BCUT2D eigenvalue weighted by Crippen LogP contribution is -1.78. The van der Waals surface area contributed by atoms with E-state index in [-0.39, 0.29) is 0 Å². The molecule has 0 radical (unpaired) electrons. The van der Waals surface area contributed by atoms with Crippen LogP contribution >= 0.6 is 11.5 Å². The van der Waals surface area contributed by atoms with Gasteiger partial charge in [-0.05, 0) is 23.5 Å². The van der Waals surface area contributed by atoms with Crippen molar-refractivity contribution in [2.75, 3.05) is 0 Å². The highest BCUT2D eigenvalue weighted by Gasteiger charge is 2.05. The molecule has 11 heavy (non-hydrogen) atoms. The highest BCUT2D eigenvalue weighted by molar-refractivity contribution is 7.06. The van der Waals surface area contributed by atoms with Crippen molar-refractivity contribution in [2.24, 2.45) is 0 Å². The van der Waals surface area contributed by atoms with Gasteiger partial charge >= 0.3 is 0 Å². The van der Waals surface area contributed by atoms with Gasteiger partial charge in [0.15, 0.2) is 5.65 Å². The molecule has 0 aliphatic rings. The third kappa shape index (κ3) is 1.03. The molecule has 0 atom stereocenters. The molecule has 0 aliphatic heterocycles. The molecule has 3 nitrogen and oxygen atoms in total. The summed E-state index contributed by atoms with van der Waals surface area (Å²) in [5.41, 5.74) is 0.957. The van der Waals surface area contributed by atoms with E-state index in [4.69, 9.17) is 0 Å². The van der Waals surface area contributed by atoms with Gasteiger partial charge in [0.25, 0.3) is 0 Å². The van der Waals surface area contributed by atoms with Gasteiger partial charge in [-0.1, -0.05) is 13.8 Å². The number of fused-ring (bicyclic) bond motifs is 1. The molecule has 4 heteroatoms. The van der Waals surface area contributed by atoms with Crippen LogP contribution in [0.5, 0.6) is 0 Å². The molecule has 0 fully saturated rings. The van der Waals surface area contributed by atoms with Crippen LogP contribution in [0.2, 0.25) is 0 Å². The SMILES string of the molecule is CC(C)c1cc2ncnn2s1. The minimum absolute atomic E-state index is 0.573. The highest BCUT2D eigenvalue weighted by Crippen LogP contribution is 2.21. The van der Waals surface area contributed by atoms with Crippen LogP contribution in [0.4, 0.5) is 0 Å². The van der Waals surface area contributed by atoms with Gasteiger partial charge in [-0.2, -0.15) is 3.90 Å². The molecular weight excluding hydrogens is 158 g/mol. The average molecular weight is 167 g/mol. The fourth-order valence-corrected chi connectivity index (χ4v) is 1.78. The second-order valence-corrected chi connectivity index (χ2v) is 3.78. The number of hydrogen-bond acceptors (Lipinski definition) is 3. The molecule has 0 aliphatic carbocycles. The van der Waals surface area contributed by atoms with E-state index >= 15 is 0 Å². The molecule has 2 aromatic heterocycles. The van der Waals surface area contributed by atoms with Crippen molar-refractivity contribution in [3.05, 3.63) is 17.3 Å². The largest absolute Gasteiger partial charge is 0.214 e. The second-order valence-electron chi connectivity index (χ2n) is 2.78. The molecule has 0 amide bonds. The van der Waals surface area contributed by atoms with Crippen molar-refractivity contribution in [1.82, 2.24) is 14.0 Å². The zero-order valence-corrected chi connectivity index (χ0v) is 7.30. The average Bonchev–Trinajstić information content (AvgIpc) is 2.40. The Morgan fingerprint density at radius 2 is 2.36 bits per heavy atom. The van der Waals surface area contributed by atoms with Gasteiger partial charge in [0.05, 0.1) is 0 Å². The summed E-state index contributed by atoms with van der Waals surface area (Å²) < 4.78 is 1.84. The van der Waals surface area contributed by atoms with Crippen molar-refractivity contribution in [3.8, 4) is 0 Å². The fraction of sp³-hybridized carbons (Fsp3) is 0.429. The van der Waals surface area contributed by atoms with Gasteiger partial charge in [0.2, 0.25) is 0 Å². The molecule has 0 N–H and O–H groups in total. The minimum atomic E-state index is 0.573. The van der Waals surface area contributed by atoms with E-state index in [1.165, 1.54) is 4.88 Å². The van der Waals surface area contributed by atoms with Crippen LogP contribution in [-0.4, -0.2) is 14.0 Å². The standard InChI is InChI=1S/C7H9N3S/c1-5(2)6-3-7-8-4-9-10(7)11-6/h3-5H,1-2H3. The smallest absolute Gasteiger partial charge is 0.168 e. The second kappa shape index (κ2) is 2.30. The predicted octanol–water partition coefficient (Wildman–Crippen LogP) is 1.91. The van der Waals surface area contributed by atoms with Crippen LogP contribution in [0.25, 0.3) is 5.65 Å². The van der Waals surface area contributed by atoms with E-state index < -0.39 is 0 Å². The van der Waals surface area contributed by atoms with E-state index in [1.807, 2.05) is 3.90 Å². The lowest BCUT2D eigenvalue weighted by molar-refractivity contribution is 0.889. The maximum Gasteiger partial charge on any atom is 0.168 e. The van der Waals surface area contributed by atoms with Gasteiger partial charge in [-0.3, -0.25) is 0 Å². The van der Waals surface area contributed by atoms with Crippen molar-refractivity contribution < 1.29 is 0 Å². The van der Waals surface area contributed by atoms with E-state index in [2.05, 4.69) is 30.0 Å². The van der Waals surface area contributed by atoms with E-state index in [0.717, 1.165) is 5.65 Å². The summed E-state index contributed by atoms with van der Waals surface area (Å²) >= 11 is 1.66. The summed E-state index contributed by atoms with van der Waals surface area (Å²) in [4.78, 5) is 5.42. The third-order valence-electron chi connectivity index (χ3n) is 1.57. The Hall–Kier alpha value is -0.900. The maximum atomic E-state index is 4.08. The van der Waals surface area contributed by atoms with Crippen LogP contribution < -0.4 is 0 Å². The van der Waals surface area contributed by atoms with E-state index in [1.54, 1.807) is 17.9 Å². The molecule has 0 spiro atoms. The first-order valence-corrected chi connectivity index (χ1v) is 4.34. The molecule has 0 aromatic carbocycles. The first-order valence-electron chi connectivity index (χ1n) is 3.57. The first-order chi connectivity index (χ1) is 5.27. The summed E-state index contributed by atoms with van der Waals surface area (Å²) in [6.07, 6.45) is 1.58. The monoisotopic (exact) mass is 167 g/mol. The zero-order valence-electron chi connectivity index (χ0n) is 6.48. The Bertz CT molecular complexity index is 332. The highest BCUT2D eigenvalue weighted by atomic mass is 32.1. The van der Waals surface area contributed by atoms with E-state index in [0.29, 0.717) is 5.92 Å². The zero-order chi connectivity index (χ0) is 7.84. The Kier molecular flexibility index (Phi) is 1.42. The molecule has 2 heterocycles. The fourth-order valence-electron chi connectivity index (χ4n) is 0.929. The topological polar surface area (TPSA) is 30.2 Å². The third-order valence-corrected chi connectivity index (χ3v) is 2.83. The predicted molar refractivity (Wildman–Crippen MR) is 45.0 cm³/mol. The van der Waals surface area contributed by atoms with Gasteiger partial charge < -0.3 is 0 Å². The van der Waals surface area contributed by atoms with Crippen molar-refractivity contribution in [1.29, 1.82) is 0 Å². The van der Waals surface area contributed by atoms with Gasteiger partial charge in [-0.25, -0.2) is 4.98 Å². The number of hydrogen-bond donors (Lipinski definition) is 0. The molecule has 58 valence electrons. The Morgan fingerprint density at radius 1 is 1.55 bits per heavy atom. The van der Waals surface area contributed by atoms with Gasteiger partial charge in [0.1, 0.15) is 6.33 Å². The molecule has 2 rings (SSSR count). The molecular formula is C7H9N3S. The van der Waals surface area contributed by atoms with Crippen LogP contribution in [0, 0.1) is 0 Å². The number of rotatable bonds is 1. The summed E-state index contributed by atoms with van der Waals surface area (Å²) in [5, 5.41) is 4.05. The number of nitrogens with zero attached hydrogens (tertiary/aromatic N) is 3. The summed E-state index contributed by atoms with van der Waals surface area (Å²) in [5.74, 6) is 0.573. The van der Waals surface area contributed by atoms with Crippen LogP contribution in [0.15, 0.2) is 12.4 Å². The Labute approximate surface area is 68.8 Å². The van der Waals surface area contributed by atoms with Crippen molar-refractivity contribution in [2.45, 2.75) is 19.8 Å². The normalized spacial score (nSPS) is 11.5. The number of aromatic nitrogens is 3. The lowest BCUT2D eigenvalue weighted by atomic mass is 10.2. The summed E-state index contributed by atoms with van der Waals surface area (Å²) in [6.45, 7) is 4.34.